The molecule has 0 aliphatic heterocycles. The lowest BCUT2D eigenvalue weighted by molar-refractivity contribution is -0.209. The molecule has 10 aliphatic rings. The summed E-state index contributed by atoms with van der Waals surface area (Å²) in [4.78, 5) is 0. The summed E-state index contributed by atoms with van der Waals surface area (Å²) in [6.07, 6.45) is 45.0. The molecule has 502 valence electrons. The summed E-state index contributed by atoms with van der Waals surface area (Å²) in [5, 5.41) is 0. The molecule has 0 heterocycles. The molecule has 84 heavy (non-hydrogen) atoms. The largest absolute Gasteiger partial charge is 0.0776 e. The fourth-order valence-corrected chi connectivity index (χ4v) is 23.9. The third kappa shape index (κ3) is 14.1. The standard InChI is InChI=1S/2C17H32.C16H30.2C15H28.4CH4/c2*1-14(2,3)17(15(4,5)6)12-16(13-17)10-8-7-9-11-16;1-13(2,3)16(14(4,5)6)11-15(12-16)9-7-8-10-15;2*1-12(2,3)15(13(4,5)6)10-14(11-15)8-7-9-14;;;;/h2*7-13H2,1-6H3;7-12H2,1-6H3;2*7-11H2,1-6H3;4*1H4. The summed E-state index contributed by atoms with van der Waals surface area (Å²) >= 11 is 0. The van der Waals surface area contributed by atoms with Gasteiger partial charge >= 0.3 is 0 Å². The summed E-state index contributed by atoms with van der Waals surface area (Å²) in [5.41, 5.74) is 11.3. The molecule has 0 radical (unpaired) electrons. The van der Waals surface area contributed by atoms with Crippen molar-refractivity contribution in [1.82, 2.24) is 0 Å². The van der Waals surface area contributed by atoms with E-state index in [4.69, 9.17) is 0 Å². The molecule has 0 aromatic heterocycles. The molecule has 0 saturated heterocycles. The van der Waals surface area contributed by atoms with Crippen molar-refractivity contribution >= 4 is 0 Å². The number of hydrogen-bond donors (Lipinski definition) is 0. The van der Waals surface area contributed by atoms with Crippen molar-refractivity contribution in [3.05, 3.63) is 0 Å². The van der Waals surface area contributed by atoms with Gasteiger partial charge in [0.25, 0.3) is 0 Å². The number of rotatable bonds is 0. The van der Waals surface area contributed by atoms with Gasteiger partial charge in [0.15, 0.2) is 0 Å². The lowest BCUT2D eigenvalue weighted by Gasteiger charge is -2.71. The van der Waals surface area contributed by atoms with Gasteiger partial charge in [0.05, 0.1) is 0 Å². The average molecular weight is 1180 g/mol. The maximum Gasteiger partial charge on any atom is -0.0190 e. The van der Waals surface area contributed by atoms with Crippen LogP contribution in [0.1, 0.15) is 430 Å². The van der Waals surface area contributed by atoms with Crippen molar-refractivity contribution in [2.75, 3.05) is 0 Å². The van der Waals surface area contributed by atoms with E-state index in [0.29, 0.717) is 81.2 Å². The molecular formula is C84H166. The molecular weight excluding hydrogens is 1010 g/mol. The van der Waals surface area contributed by atoms with Gasteiger partial charge in [0.2, 0.25) is 0 Å². The minimum atomic E-state index is 0. The van der Waals surface area contributed by atoms with Crippen LogP contribution in [-0.2, 0) is 0 Å². The highest BCUT2D eigenvalue weighted by atomic mass is 14.7. The normalized spacial score (nSPS) is 26.8. The molecule has 0 nitrogen and oxygen atoms in total. The zero-order valence-electron chi connectivity index (χ0n) is 61.2. The van der Waals surface area contributed by atoms with E-state index in [2.05, 4.69) is 208 Å². The van der Waals surface area contributed by atoms with Crippen LogP contribution in [0.5, 0.6) is 0 Å². The lowest BCUT2D eigenvalue weighted by atomic mass is 9.34. The third-order valence-corrected chi connectivity index (χ3v) is 29.4. The SMILES string of the molecule is C.C.C.C.CC(C)(C)C1(C(C)(C)C)CC2(CCC2)C1.CC(C)(C)C1(C(C)(C)C)CC2(CCC2)C1.CC(C)(C)C1(C(C)(C)C)CC2(CCCC2)C1.CC(C)(C)C1(C(C)(C)C)CC2(CCCCC2)C1.CC(C)(C)C1(C(C)(C)C)CC2(CCCCC2)C1. The Hall–Kier alpha value is 0. The average Bonchev–Trinajstić information content (AvgIpc) is 3.64. The first-order chi connectivity index (χ1) is 35.6. The molecule has 0 unspecified atom stereocenters. The van der Waals surface area contributed by atoms with Crippen LogP contribution in [0.4, 0.5) is 0 Å². The Morgan fingerprint density at radius 1 is 0.143 bits per heavy atom. The van der Waals surface area contributed by atoms with Crippen molar-refractivity contribution < 1.29 is 0 Å². The van der Waals surface area contributed by atoms with E-state index >= 15 is 0 Å². The molecule has 0 atom stereocenters. The summed E-state index contributed by atoms with van der Waals surface area (Å²) in [6.45, 7) is 73.7. The van der Waals surface area contributed by atoms with E-state index in [1.165, 1.54) is 193 Å². The van der Waals surface area contributed by atoms with Gasteiger partial charge in [0, 0.05) is 0 Å². The van der Waals surface area contributed by atoms with E-state index in [0.717, 1.165) is 27.1 Å². The Bertz CT molecular complexity index is 1790. The van der Waals surface area contributed by atoms with E-state index in [9.17, 15) is 0 Å². The van der Waals surface area contributed by atoms with Crippen LogP contribution in [0.25, 0.3) is 0 Å². The van der Waals surface area contributed by atoms with Crippen molar-refractivity contribution in [3.63, 3.8) is 0 Å². The third-order valence-electron chi connectivity index (χ3n) is 29.4. The second kappa shape index (κ2) is 24.8. The Kier molecular flexibility index (Phi) is 23.7. The molecule has 10 fully saturated rings. The molecule has 10 saturated carbocycles. The predicted octanol–water partition coefficient (Wildman–Crippen LogP) is 29.6. The summed E-state index contributed by atoms with van der Waals surface area (Å²) in [7, 11) is 0. The fourth-order valence-electron chi connectivity index (χ4n) is 23.9. The molecule has 0 heteroatoms. The highest BCUT2D eigenvalue weighted by Crippen LogP contribution is 2.78. The number of hydrogen-bond acceptors (Lipinski definition) is 0. The van der Waals surface area contributed by atoms with Crippen molar-refractivity contribution in [2.45, 2.75) is 430 Å². The van der Waals surface area contributed by atoms with Gasteiger partial charge in [-0.25, -0.2) is 0 Å². The van der Waals surface area contributed by atoms with Crippen LogP contribution in [-0.4, -0.2) is 0 Å². The van der Waals surface area contributed by atoms with E-state index in [1.54, 1.807) is 0 Å². The molecule has 0 bridgehead atoms. The highest BCUT2D eigenvalue weighted by molar-refractivity contribution is 5.18. The van der Waals surface area contributed by atoms with Gasteiger partial charge in [-0.05, 0) is 237 Å². The zero-order valence-corrected chi connectivity index (χ0v) is 61.2. The maximum atomic E-state index is 2.47. The van der Waals surface area contributed by atoms with Gasteiger partial charge in [-0.3, -0.25) is 0 Å². The summed E-state index contributed by atoms with van der Waals surface area (Å²) in [5.74, 6) is 0. The Balaban J connectivity index is 0.000000354. The molecule has 0 amide bonds. The molecule has 5 spiro atoms. The van der Waals surface area contributed by atoms with Gasteiger partial charge in [-0.15, -0.1) is 0 Å². The van der Waals surface area contributed by atoms with E-state index in [-0.39, 0.29) is 29.7 Å². The smallest absolute Gasteiger partial charge is 0.0190 e. The van der Waals surface area contributed by atoms with Crippen LogP contribution in [0, 0.1) is 108 Å². The second-order valence-corrected chi connectivity index (χ2v) is 43.2. The topological polar surface area (TPSA) is 0 Å². The first kappa shape index (κ1) is 80.1. The second-order valence-electron chi connectivity index (χ2n) is 43.2. The Labute approximate surface area is 535 Å². The van der Waals surface area contributed by atoms with Crippen LogP contribution in [0.3, 0.4) is 0 Å². The lowest BCUT2D eigenvalue weighted by Crippen LogP contribution is -2.61. The quantitative estimate of drug-likeness (QED) is 0.227. The monoisotopic (exact) mass is 1180 g/mol. The Morgan fingerprint density at radius 3 is 0.321 bits per heavy atom. The predicted molar refractivity (Wildman–Crippen MR) is 384 cm³/mol. The summed E-state index contributed by atoms with van der Waals surface area (Å²) < 4.78 is 0. The van der Waals surface area contributed by atoms with Crippen LogP contribution in [0.15, 0.2) is 0 Å². The Morgan fingerprint density at radius 2 is 0.238 bits per heavy atom. The minimum Gasteiger partial charge on any atom is -0.0776 e. The van der Waals surface area contributed by atoms with E-state index in [1.807, 2.05) is 0 Å². The minimum absolute atomic E-state index is 0. The van der Waals surface area contributed by atoms with Crippen LogP contribution < -0.4 is 0 Å². The molecule has 10 rings (SSSR count). The van der Waals surface area contributed by atoms with Crippen LogP contribution >= 0.6 is 0 Å². The van der Waals surface area contributed by atoms with Gasteiger partial charge < -0.3 is 0 Å². The van der Waals surface area contributed by atoms with Gasteiger partial charge in [-0.1, -0.05) is 302 Å². The van der Waals surface area contributed by atoms with Crippen molar-refractivity contribution in [2.24, 2.45) is 108 Å². The maximum absolute atomic E-state index is 2.47. The fraction of sp³-hybridized carbons (Fsp3) is 1.00. The first-order valence-electron chi connectivity index (χ1n) is 35.6. The van der Waals surface area contributed by atoms with Crippen LogP contribution in [0.2, 0.25) is 0 Å². The van der Waals surface area contributed by atoms with Crippen molar-refractivity contribution in [1.29, 1.82) is 0 Å². The molecule has 0 aromatic carbocycles. The molecule has 0 aromatic rings. The van der Waals surface area contributed by atoms with Gasteiger partial charge in [0.1, 0.15) is 0 Å². The molecule has 10 aliphatic carbocycles. The molecule has 0 N–H and O–H groups in total. The van der Waals surface area contributed by atoms with E-state index < -0.39 is 0 Å². The van der Waals surface area contributed by atoms with Crippen molar-refractivity contribution in [3.8, 4) is 0 Å². The summed E-state index contributed by atoms with van der Waals surface area (Å²) in [6, 6.07) is 0. The zero-order chi connectivity index (χ0) is 61.2. The highest BCUT2D eigenvalue weighted by Gasteiger charge is 2.69. The first-order valence-corrected chi connectivity index (χ1v) is 35.6. The van der Waals surface area contributed by atoms with Gasteiger partial charge in [-0.2, -0.15) is 0 Å².